The number of methoxy groups -OCH3 is 1. The van der Waals surface area contributed by atoms with Crippen LogP contribution in [0.5, 0.6) is 0 Å². The van der Waals surface area contributed by atoms with E-state index >= 15 is 0 Å². The van der Waals surface area contributed by atoms with E-state index in [2.05, 4.69) is 65.7 Å². The number of hydrogen-bond donors (Lipinski definition) is 1. The second-order valence-corrected chi connectivity index (χ2v) is 10.5. The first-order valence-corrected chi connectivity index (χ1v) is 12.7. The summed E-state index contributed by atoms with van der Waals surface area (Å²) in [6, 6.07) is 21.3. The van der Waals surface area contributed by atoms with Gasteiger partial charge >= 0.3 is 0 Å². The molecular weight excluding hydrogens is 428 g/mol. The quantitative estimate of drug-likeness (QED) is 0.562. The van der Waals surface area contributed by atoms with Crippen molar-refractivity contribution in [3.63, 3.8) is 0 Å². The van der Waals surface area contributed by atoms with Gasteiger partial charge in [0.15, 0.2) is 0 Å². The van der Waals surface area contributed by atoms with Gasteiger partial charge in [-0.3, -0.25) is 9.69 Å². The lowest BCUT2D eigenvalue weighted by Crippen LogP contribution is -2.50. The van der Waals surface area contributed by atoms with Crippen LogP contribution >= 0.6 is 11.3 Å². The third-order valence-corrected chi connectivity index (χ3v) is 8.28. The van der Waals surface area contributed by atoms with Crippen molar-refractivity contribution in [1.82, 2.24) is 10.2 Å². The van der Waals surface area contributed by atoms with E-state index in [0.29, 0.717) is 6.42 Å². The van der Waals surface area contributed by atoms with Crippen molar-refractivity contribution in [2.45, 2.75) is 50.3 Å². The van der Waals surface area contributed by atoms with Crippen LogP contribution in [0, 0.1) is 6.92 Å². The van der Waals surface area contributed by atoms with Crippen LogP contribution in [0.15, 0.2) is 66.0 Å². The predicted octanol–water partition coefficient (Wildman–Crippen LogP) is 5.02. The predicted molar refractivity (Wildman–Crippen MR) is 134 cm³/mol. The van der Waals surface area contributed by atoms with Crippen LogP contribution in [-0.4, -0.2) is 37.1 Å². The summed E-state index contributed by atoms with van der Waals surface area (Å²) in [5.74, 6) is 0.0632. The zero-order valence-electron chi connectivity index (χ0n) is 19.4. The summed E-state index contributed by atoms with van der Waals surface area (Å²) in [7, 11) is 1.80. The smallest absolute Gasteiger partial charge is 0.225 e. The molecule has 2 aliphatic rings. The van der Waals surface area contributed by atoms with Crippen molar-refractivity contribution in [2.75, 3.05) is 20.2 Å². The van der Waals surface area contributed by atoms with Crippen LogP contribution in [0.3, 0.4) is 0 Å². The van der Waals surface area contributed by atoms with E-state index in [-0.39, 0.29) is 23.5 Å². The molecule has 1 saturated heterocycles. The second kappa shape index (κ2) is 9.41. The number of carbonyl (C=O) groups excluding carboxylic acids is 1. The van der Waals surface area contributed by atoms with E-state index in [1.54, 1.807) is 18.4 Å². The molecule has 1 aliphatic carbocycles. The molecule has 1 aliphatic heterocycles. The Morgan fingerprint density at radius 1 is 1.12 bits per heavy atom. The van der Waals surface area contributed by atoms with Gasteiger partial charge in [0.25, 0.3) is 0 Å². The molecule has 1 aromatic heterocycles. The zero-order chi connectivity index (χ0) is 22.8. The maximum atomic E-state index is 12.9. The number of amides is 1. The average Bonchev–Trinajstić information content (AvgIpc) is 3.41. The standard InChI is InChI=1S/C28H32N2O2S/c1-20-7-5-8-21(17-20)19-30-14-12-28(13-15-30)24-11-4-3-10-23(24)26(27(28)32-2)29-25(31)18-22-9-6-16-33-22/h3-11,16-17,26-27H,12-15,18-19H2,1-2H3,(H,29,31)/t26-,27+/m1/s1. The number of nitrogens with zero attached hydrogens (tertiary/aromatic N) is 1. The molecule has 1 fully saturated rings. The van der Waals surface area contributed by atoms with Gasteiger partial charge in [-0.1, -0.05) is 60.2 Å². The molecular formula is C28H32N2O2S. The van der Waals surface area contributed by atoms with Gasteiger partial charge in [-0.25, -0.2) is 0 Å². The Labute approximate surface area is 200 Å². The van der Waals surface area contributed by atoms with Gasteiger partial charge in [0.2, 0.25) is 5.91 Å². The Hall–Kier alpha value is -2.47. The van der Waals surface area contributed by atoms with E-state index in [1.807, 2.05) is 17.5 Å². The summed E-state index contributed by atoms with van der Waals surface area (Å²) in [6.45, 7) is 5.19. The van der Waals surface area contributed by atoms with Gasteiger partial charge in [-0.15, -0.1) is 11.3 Å². The first kappa shape index (κ1) is 22.3. The van der Waals surface area contributed by atoms with Crippen LogP contribution in [0.2, 0.25) is 0 Å². The Morgan fingerprint density at radius 2 is 1.94 bits per heavy atom. The van der Waals surface area contributed by atoms with Gasteiger partial charge < -0.3 is 10.1 Å². The molecule has 0 bridgehead atoms. The Balaban J connectivity index is 1.34. The number of benzene rings is 2. The molecule has 0 radical (unpaired) electrons. The first-order chi connectivity index (χ1) is 16.1. The molecule has 2 atom stereocenters. The fraction of sp³-hybridized carbons (Fsp3) is 0.393. The lowest BCUT2D eigenvalue weighted by molar-refractivity contribution is -0.122. The third kappa shape index (κ3) is 4.37. The molecule has 0 unspecified atom stereocenters. The summed E-state index contributed by atoms with van der Waals surface area (Å²) in [5.41, 5.74) is 5.20. The van der Waals surface area contributed by atoms with Crippen molar-refractivity contribution in [2.24, 2.45) is 0 Å². The lowest BCUT2D eigenvalue weighted by atomic mass is 9.72. The Morgan fingerprint density at radius 3 is 2.67 bits per heavy atom. The van der Waals surface area contributed by atoms with E-state index in [9.17, 15) is 4.79 Å². The van der Waals surface area contributed by atoms with Crippen LogP contribution in [0.1, 0.15) is 46.0 Å². The molecule has 0 saturated carbocycles. The highest BCUT2D eigenvalue weighted by atomic mass is 32.1. The minimum atomic E-state index is -0.109. The molecule has 4 nitrogen and oxygen atoms in total. The number of nitrogens with one attached hydrogen (secondary N) is 1. The lowest BCUT2D eigenvalue weighted by Gasteiger charge is -2.44. The average molecular weight is 461 g/mol. The summed E-state index contributed by atoms with van der Waals surface area (Å²) in [6.07, 6.45) is 2.43. The number of fused-ring (bicyclic) bond motifs is 2. The number of thiophene rings is 1. The minimum Gasteiger partial charge on any atom is -0.378 e. The first-order valence-electron chi connectivity index (χ1n) is 11.8. The number of ether oxygens (including phenoxy) is 1. The van der Waals surface area contributed by atoms with Crippen LogP contribution in [-0.2, 0) is 27.9 Å². The van der Waals surface area contributed by atoms with E-state index < -0.39 is 0 Å². The molecule has 5 heteroatoms. The van der Waals surface area contributed by atoms with Crippen LogP contribution in [0.4, 0.5) is 0 Å². The minimum absolute atomic E-state index is 0.0525. The highest BCUT2D eigenvalue weighted by molar-refractivity contribution is 7.10. The number of carbonyl (C=O) groups is 1. The number of piperidine rings is 1. The van der Waals surface area contributed by atoms with E-state index in [1.165, 1.54) is 22.3 Å². The Bertz CT molecular complexity index is 1100. The molecule has 2 heterocycles. The molecule has 1 N–H and O–H groups in total. The van der Waals surface area contributed by atoms with Gasteiger partial charge in [-0.05, 0) is 61.0 Å². The van der Waals surface area contributed by atoms with Gasteiger partial charge in [0.05, 0.1) is 18.6 Å². The molecule has 5 rings (SSSR count). The molecule has 2 aromatic carbocycles. The number of likely N-dealkylation sites (tertiary alicyclic amines) is 1. The summed E-state index contributed by atoms with van der Waals surface area (Å²) >= 11 is 1.63. The maximum Gasteiger partial charge on any atom is 0.225 e. The molecule has 3 aromatic rings. The largest absolute Gasteiger partial charge is 0.378 e. The summed E-state index contributed by atoms with van der Waals surface area (Å²) in [4.78, 5) is 16.6. The summed E-state index contributed by atoms with van der Waals surface area (Å²) in [5, 5.41) is 5.35. The SMILES string of the molecule is CO[C@H]1[C@H](NC(=O)Cc2cccs2)c2ccccc2C12CCN(Cc1cccc(C)c1)CC2. The van der Waals surface area contributed by atoms with Gasteiger partial charge in [0.1, 0.15) is 0 Å². The monoisotopic (exact) mass is 460 g/mol. The van der Waals surface area contributed by atoms with Crippen molar-refractivity contribution < 1.29 is 9.53 Å². The maximum absolute atomic E-state index is 12.9. The van der Waals surface area contributed by atoms with E-state index in [4.69, 9.17) is 4.74 Å². The van der Waals surface area contributed by atoms with Crippen LogP contribution in [0.25, 0.3) is 0 Å². The Kier molecular flexibility index (Phi) is 6.37. The topological polar surface area (TPSA) is 41.6 Å². The molecule has 1 spiro atoms. The molecule has 172 valence electrons. The fourth-order valence-electron chi connectivity index (χ4n) is 5.90. The van der Waals surface area contributed by atoms with Crippen molar-refractivity contribution >= 4 is 17.2 Å². The van der Waals surface area contributed by atoms with Crippen molar-refractivity contribution in [3.8, 4) is 0 Å². The molecule has 1 amide bonds. The van der Waals surface area contributed by atoms with Gasteiger partial charge in [-0.2, -0.15) is 0 Å². The van der Waals surface area contributed by atoms with Crippen molar-refractivity contribution in [1.29, 1.82) is 0 Å². The van der Waals surface area contributed by atoms with Crippen molar-refractivity contribution in [3.05, 3.63) is 93.2 Å². The highest BCUT2D eigenvalue weighted by Crippen LogP contribution is 2.52. The van der Waals surface area contributed by atoms with E-state index in [0.717, 1.165) is 37.4 Å². The second-order valence-electron chi connectivity index (χ2n) is 9.47. The van der Waals surface area contributed by atoms with Gasteiger partial charge in [0, 0.05) is 23.9 Å². The number of aryl methyl sites for hydroxylation is 1. The fourth-order valence-corrected chi connectivity index (χ4v) is 6.60. The third-order valence-electron chi connectivity index (χ3n) is 7.40. The summed E-state index contributed by atoms with van der Waals surface area (Å²) < 4.78 is 6.17. The number of hydrogen-bond acceptors (Lipinski definition) is 4. The molecule has 33 heavy (non-hydrogen) atoms. The van der Waals surface area contributed by atoms with Crippen LogP contribution < -0.4 is 5.32 Å². The number of rotatable bonds is 6. The normalized spacial score (nSPS) is 21.8. The highest BCUT2D eigenvalue weighted by Gasteiger charge is 2.53. The zero-order valence-corrected chi connectivity index (χ0v) is 20.2.